The first-order valence-electron chi connectivity index (χ1n) is 7.80. The largest absolute Gasteiger partial charge is 0.271 e. The number of hydrogen-bond acceptors (Lipinski definition) is 4. The number of aryl methyl sites for hydroxylation is 1. The van der Waals surface area contributed by atoms with E-state index in [1.807, 2.05) is 6.92 Å². The fraction of sp³-hybridized carbons (Fsp3) is 0.222. The van der Waals surface area contributed by atoms with Crippen molar-refractivity contribution in [1.82, 2.24) is 5.43 Å². The number of carbonyl (C=O) groups is 1. The van der Waals surface area contributed by atoms with Crippen LogP contribution in [0.25, 0.3) is 0 Å². The number of nitrogens with one attached hydrogen (secondary N) is 1. The molecule has 0 aliphatic heterocycles. The summed E-state index contributed by atoms with van der Waals surface area (Å²) in [5.41, 5.74) is 5.19. The van der Waals surface area contributed by atoms with Gasteiger partial charge in [-0.3, -0.25) is 9.10 Å². The molecular weight excluding hydrogens is 374 g/mol. The van der Waals surface area contributed by atoms with E-state index in [1.54, 1.807) is 55.5 Å². The van der Waals surface area contributed by atoms with E-state index >= 15 is 0 Å². The van der Waals surface area contributed by atoms with E-state index in [-0.39, 0.29) is 6.54 Å². The van der Waals surface area contributed by atoms with Gasteiger partial charge in [0.05, 0.1) is 17.7 Å². The van der Waals surface area contributed by atoms with E-state index in [4.69, 9.17) is 11.6 Å². The monoisotopic (exact) mass is 393 g/mol. The van der Waals surface area contributed by atoms with Crippen molar-refractivity contribution in [2.75, 3.05) is 17.1 Å². The summed E-state index contributed by atoms with van der Waals surface area (Å²) in [4.78, 5) is 12.2. The molecular formula is C18H20ClN3O3S. The van der Waals surface area contributed by atoms with E-state index in [2.05, 4.69) is 10.5 Å². The predicted octanol–water partition coefficient (Wildman–Crippen LogP) is 2.95. The molecule has 138 valence electrons. The average Bonchev–Trinajstić information content (AvgIpc) is 2.58. The van der Waals surface area contributed by atoms with Crippen LogP contribution in [0.15, 0.2) is 53.6 Å². The zero-order chi connectivity index (χ0) is 19.3. The zero-order valence-corrected chi connectivity index (χ0v) is 16.3. The Morgan fingerprint density at radius 1 is 1.12 bits per heavy atom. The topological polar surface area (TPSA) is 78.8 Å². The summed E-state index contributed by atoms with van der Waals surface area (Å²) in [5.74, 6) is -0.538. The van der Waals surface area contributed by atoms with E-state index in [1.165, 1.54) is 0 Å². The molecule has 26 heavy (non-hydrogen) atoms. The summed E-state index contributed by atoms with van der Waals surface area (Å²) in [6, 6.07) is 13.9. The van der Waals surface area contributed by atoms with E-state index < -0.39 is 15.9 Å². The highest BCUT2D eigenvalue weighted by Crippen LogP contribution is 2.17. The summed E-state index contributed by atoms with van der Waals surface area (Å²) >= 11 is 5.84. The minimum absolute atomic E-state index is 0.362. The third-order valence-electron chi connectivity index (χ3n) is 3.62. The fourth-order valence-corrected chi connectivity index (χ4v) is 3.16. The van der Waals surface area contributed by atoms with Crippen LogP contribution in [0.5, 0.6) is 0 Å². The van der Waals surface area contributed by atoms with Crippen molar-refractivity contribution in [3.8, 4) is 0 Å². The highest BCUT2D eigenvalue weighted by molar-refractivity contribution is 7.92. The fourth-order valence-electron chi connectivity index (χ4n) is 2.18. The second kappa shape index (κ2) is 8.33. The molecule has 8 heteroatoms. The predicted molar refractivity (Wildman–Crippen MR) is 105 cm³/mol. The molecule has 0 saturated carbocycles. The Morgan fingerprint density at radius 3 is 2.23 bits per heavy atom. The zero-order valence-electron chi connectivity index (χ0n) is 14.7. The van der Waals surface area contributed by atoms with Crippen molar-refractivity contribution in [2.45, 2.75) is 13.8 Å². The maximum atomic E-state index is 12.2. The first kappa shape index (κ1) is 19.9. The molecule has 1 N–H and O–H groups in total. The second-order valence-corrected chi connectivity index (χ2v) is 8.19. The number of benzene rings is 2. The molecule has 0 atom stereocenters. The Labute approximate surface area is 158 Å². The SMILES string of the molecule is C/C(=N/NC(=O)CN(c1ccc(C)cc1)S(C)(=O)=O)c1ccc(Cl)cc1. The van der Waals surface area contributed by atoms with Gasteiger partial charge in [0.25, 0.3) is 5.91 Å². The molecule has 0 bridgehead atoms. The smallest absolute Gasteiger partial charge is 0.260 e. The first-order valence-corrected chi connectivity index (χ1v) is 10.0. The molecule has 0 fully saturated rings. The first-order chi connectivity index (χ1) is 12.2. The van der Waals surface area contributed by atoms with Crippen LogP contribution in [0, 0.1) is 6.92 Å². The van der Waals surface area contributed by atoms with Gasteiger partial charge in [-0.25, -0.2) is 13.8 Å². The number of amides is 1. The van der Waals surface area contributed by atoms with Crippen LogP contribution < -0.4 is 9.73 Å². The normalized spacial score (nSPS) is 11.9. The van der Waals surface area contributed by atoms with E-state index in [0.29, 0.717) is 16.4 Å². The summed E-state index contributed by atoms with van der Waals surface area (Å²) in [6.45, 7) is 3.27. The highest BCUT2D eigenvalue weighted by atomic mass is 35.5. The van der Waals surface area contributed by atoms with Gasteiger partial charge in [-0.05, 0) is 43.7 Å². The van der Waals surface area contributed by atoms with Crippen LogP contribution in [0.3, 0.4) is 0 Å². The molecule has 0 spiro atoms. The number of anilines is 1. The lowest BCUT2D eigenvalue weighted by atomic mass is 10.1. The Hall–Kier alpha value is -2.38. The van der Waals surface area contributed by atoms with Crippen LogP contribution in [0.1, 0.15) is 18.1 Å². The van der Waals surface area contributed by atoms with Gasteiger partial charge in [0.15, 0.2) is 0 Å². The van der Waals surface area contributed by atoms with Gasteiger partial charge in [-0.15, -0.1) is 0 Å². The minimum atomic E-state index is -3.61. The van der Waals surface area contributed by atoms with Gasteiger partial charge >= 0.3 is 0 Å². The van der Waals surface area contributed by atoms with Gasteiger partial charge < -0.3 is 0 Å². The Balaban J connectivity index is 2.11. The maximum absolute atomic E-state index is 12.2. The summed E-state index contributed by atoms with van der Waals surface area (Å²) in [6.07, 6.45) is 1.06. The Morgan fingerprint density at radius 2 is 1.69 bits per heavy atom. The van der Waals surface area contributed by atoms with Crippen LogP contribution in [0.4, 0.5) is 5.69 Å². The summed E-state index contributed by atoms with van der Waals surface area (Å²) in [5, 5.41) is 4.62. The third-order valence-corrected chi connectivity index (χ3v) is 5.01. The lowest BCUT2D eigenvalue weighted by Gasteiger charge is -2.21. The van der Waals surface area contributed by atoms with Crippen molar-refractivity contribution in [3.05, 3.63) is 64.7 Å². The van der Waals surface area contributed by atoms with Gasteiger partial charge in [-0.2, -0.15) is 5.10 Å². The summed E-state index contributed by atoms with van der Waals surface area (Å²) < 4.78 is 25.1. The lowest BCUT2D eigenvalue weighted by molar-refractivity contribution is -0.119. The number of halogens is 1. The second-order valence-electron chi connectivity index (χ2n) is 5.84. The summed E-state index contributed by atoms with van der Waals surface area (Å²) in [7, 11) is -3.61. The molecule has 0 aliphatic carbocycles. The number of nitrogens with zero attached hydrogens (tertiary/aromatic N) is 2. The van der Waals surface area contributed by atoms with Crippen LogP contribution in [0.2, 0.25) is 5.02 Å². The standard InChI is InChI=1S/C18H20ClN3O3S/c1-13-4-10-17(11-5-13)22(26(3,24)25)12-18(23)21-20-14(2)15-6-8-16(19)9-7-15/h4-11H,12H2,1-3H3,(H,21,23)/b20-14-. The van der Waals surface area contributed by atoms with Gasteiger partial charge in [0, 0.05) is 5.02 Å². The molecule has 2 rings (SSSR count). The van der Waals surface area contributed by atoms with Crippen LogP contribution in [-0.2, 0) is 14.8 Å². The third kappa shape index (κ3) is 5.57. The van der Waals surface area contributed by atoms with Gasteiger partial charge in [0.1, 0.15) is 6.54 Å². The average molecular weight is 394 g/mol. The van der Waals surface area contributed by atoms with Crippen molar-refractivity contribution < 1.29 is 13.2 Å². The number of hydrogen-bond donors (Lipinski definition) is 1. The van der Waals surface area contributed by atoms with E-state index in [0.717, 1.165) is 21.7 Å². The van der Waals surface area contributed by atoms with Crippen molar-refractivity contribution in [3.63, 3.8) is 0 Å². The van der Waals surface area contributed by atoms with Crippen molar-refractivity contribution in [1.29, 1.82) is 0 Å². The lowest BCUT2D eigenvalue weighted by Crippen LogP contribution is -2.39. The molecule has 0 aliphatic rings. The minimum Gasteiger partial charge on any atom is -0.271 e. The van der Waals surface area contributed by atoms with Crippen molar-refractivity contribution >= 4 is 38.9 Å². The molecule has 0 heterocycles. The molecule has 0 unspecified atom stereocenters. The Kier molecular flexibility index (Phi) is 6.39. The molecule has 0 aromatic heterocycles. The van der Waals surface area contributed by atoms with Gasteiger partial charge in [-0.1, -0.05) is 41.4 Å². The Bertz CT molecular complexity index is 908. The van der Waals surface area contributed by atoms with Gasteiger partial charge in [0.2, 0.25) is 10.0 Å². The molecule has 2 aromatic rings. The van der Waals surface area contributed by atoms with Crippen LogP contribution in [-0.4, -0.2) is 32.8 Å². The highest BCUT2D eigenvalue weighted by Gasteiger charge is 2.20. The molecule has 0 saturated heterocycles. The maximum Gasteiger partial charge on any atom is 0.260 e. The molecule has 6 nitrogen and oxygen atoms in total. The molecule has 2 aromatic carbocycles. The molecule has 0 radical (unpaired) electrons. The number of rotatable bonds is 6. The van der Waals surface area contributed by atoms with Crippen molar-refractivity contribution in [2.24, 2.45) is 5.10 Å². The number of sulfonamides is 1. The van der Waals surface area contributed by atoms with Crippen LogP contribution >= 0.6 is 11.6 Å². The number of carbonyl (C=O) groups excluding carboxylic acids is 1. The quantitative estimate of drug-likeness (QED) is 0.605. The van der Waals surface area contributed by atoms with E-state index in [9.17, 15) is 13.2 Å². The number of hydrazone groups is 1. The molecule has 1 amide bonds.